The second kappa shape index (κ2) is 7.81. The first-order valence-electron chi connectivity index (χ1n) is 9.65. The maximum atomic E-state index is 13.5. The third-order valence-corrected chi connectivity index (χ3v) is 5.48. The molecular weight excluding hydrogens is 396 g/mol. The highest BCUT2D eigenvalue weighted by molar-refractivity contribution is 6.46. The lowest BCUT2D eigenvalue weighted by atomic mass is 10.0. The van der Waals surface area contributed by atoms with E-state index in [1.807, 2.05) is 69.3 Å². The van der Waals surface area contributed by atoms with Crippen molar-refractivity contribution in [1.82, 2.24) is 0 Å². The largest absolute Gasteiger partial charge is 0.350 e. The lowest BCUT2D eigenvalue weighted by molar-refractivity contribution is -0.120. The third kappa shape index (κ3) is 3.51. The highest BCUT2D eigenvalue weighted by Gasteiger charge is 2.41. The summed E-state index contributed by atoms with van der Waals surface area (Å²) in [5, 5.41) is 3.69. The van der Waals surface area contributed by atoms with Gasteiger partial charge >= 0.3 is 0 Å². The van der Waals surface area contributed by atoms with Gasteiger partial charge < -0.3 is 5.32 Å². The number of para-hydroxylation sites is 1. The third-order valence-electron chi connectivity index (χ3n) is 5.24. The zero-order chi connectivity index (χ0) is 21.4. The fourth-order valence-corrected chi connectivity index (χ4v) is 3.69. The van der Waals surface area contributed by atoms with E-state index in [1.54, 1.807) is 18.2 Å². The van der Waals surface area contributed by atoms with Crippen LogP contribution >= 0.6 is 11.6 Å². The molecule has 150 valence electrons. The van der Waals surface area contributed by atoms with Crippen LogP contribution in [0.2, 0.25) is 5.02 Å². The van der Waals surface area contributed by atoms with Crippen LogP contribution in [0.3, 0.4) is 0 Å². The molecule has 1 aliphatic rings. The van der Waals surface area contributed by atoms with E-state index in [1.165, 1.54) is 4.90 Å². The molecule has 3 aromatic rings. The Morgan fingerprint density at radius 2 is 1.50 bits per heavy atom. The Labute approximate surface area is 180 Å². The molecule has 0 atom stereocenters. The van der Waals surface area contributed by atoms with Gasteiger partial charge in [0.2, 0.25) is 0 Å². The van der Waals surface area contributed by atoms with E-state index >= 15 is 0 Å². The molecule has 1 aliphatic heterocycles. The van der Waals surface area contributed by atoms with E-state index < -0.39 is 5.91 Å². The molecule has 4 rings (SSSR count). The number of aryl methyl sites for hydroxylation is 3. The minimum Gasteiger partial charge on any atom is -0.350 e. The first-order chi connectivity index (χ1) is 14.4. The Kier molecular flexibility index (Phi) is 5.18. The van der Waals surface area contributed by atoms with E-state index in [2.05, 4.69) is 5.32 Å². The molecule has 0 fully saturated rings. The number of nitrogens with one attached hydrogen (secondary N) is 1. The Morgan fingerprint density at radius 1 is 0.800 bits per heavy atom. The number of imide groups is 1. The van der Waals surface area contributed by atoms with Gasteiger partial charge in [0.15, 0.2) is 0 Å². The van der Waals surface area contributed by atoms with Crippen LogP contribution in [-0.4, -0.2) is 11.8 Å². The fourth-order valence-electron chi connectivity index (χ4n) is 3.52. The van der Waals surface area contributed by atoms with Crippen LogP contribution in [0.4, 0.5) is 11.4 Å². The Balaban J connectivity index is 1.87. The number of nitrogens with zero attached hydrogens (tertiary/aromatic N) is 1. The van der Waals surface area contributed by atoms with Gasteiger partial charge in [-0.25, -0.2) is 4.90 Å². The molecule has 0 radical (unpaired) electrons. The van der Waals surface area contributed by atoms with Gasteiger partial charge in [0.1, 0.15) is 5.70 Å². The van der Waals surface area contributed by atoms with E-state index in [0.717, 1.165) is 22.4 Å². The average Bonchev–Trinajstić information content (AvgIpc) is 2.96. The lowest BCUT2D eigenvalue weighted by Gasteiger charge is -2.18. The number of rotatable bonds is 4. The van der Waals surface area contributed by atoms with Crippen molar-refractivity contribution in [3.63, 3.8) is 0 Å². The predicted molar refractivity (Wildman–Crippen MR) is 122 cm³/mol. The molecule has 0 bridgehead atoms. The second-order valence-electron chi connectivity index (χ2n) is 7.43. The van der Waals surface area contributed by atoms with Crippen molar-refractivity contribution in [2.75, 3.05) is 10.2 Å². The molecule has 0 aromatic heterocycles. The summed E-state index contributed by atoms with van der Waals surface area (Å²) in [6, 6.07) is 20.4. The molecule has 4 nitrogen and oxygen atoms in total. The summed E-state index contributed by atoms with van der Waals surface area (Å²) < 4.78 is 0. The summed E-state index contributed by atoms with van der Waals surface area (Å²) >= 11 is 6.17. The summed E-state index contributed by atoms with van der Waals surface area (Å²) in [6.07, 6.45) is 0. The van der Waals surface area contributed by atoms with Crippen molar-refractivity contribution in [1.29, 1.82) is 0 Å². The second-order valence-corrected chi connectivity index (χ2v) is 7.87. The van der Waals surface area contributed by atoms with Gasteiger partial charge in [0.05, 0.1) is 11.3 Å². The van der Waals surface area contributed by atoms with Crippen molar-refractivity contribution in [2.24, 2.45) is 0 Å². The summed E-state index contributed by atoms with van der Waals surface area (Å²) in [5.74, 6) is -0.769. The molecule has 0 unspecified atom stereocenters. The quantitative estimate of drug-likeness (QED) is 0.558. The summed E-state index contributed by atoms with van der Waals surface area (Å²) in [6.45, 7) is 5.78. The molecule has 0 aliphatic carbocycles. The monoisotopic (exact) mass is 416 g/mol. The van der Waals surface area contributed by atoms with E-state index in [4.69, 9.17) is 11.6 Å². The molecular formula is C25H21ClN2O2. The van der Waals surface area contributed by atoms with Crippen LogP contribution in [0.15, 0.2) is 72.4 Å². The van der Waals surface area contributed by atoms with Crippen LogP contribution in [0.1, 0.15) is 22.3 Å². The molecule has 1 heterocycles. The van der Waals surface area contributed by atoms with Crippen molar-refractivity contribution in [2.45, 2.75) is 20.8 Å². The number of benzene rings is 3. The van der Waals surface area contributed by atoms with Crippen molar-refractivity contribution in [3.8, 4) is 0 Å². The molecule has 5 heteroatoms. The first-order valence-corrected chi connectivity index (χ1v) is 10.0. The maximum Gasteiger partial charge on any atom is 0.282 e. The standard InChI is InChI=1S/C25H21ClN2O2/c1-15-8-11-18(12-9-15)22-23(27-20-7-5-4-6-16(20)2)25(30)28(24(22)29)21-14-19(26)13-10-17(21)3/h4-14,27H,1-3H3. The number of carbonyl (C=O) groups is 2. The minimum atomic E-state index is -0.399. The number of halogens is 1. The first kappa shape index (κ1) is 19.9. The molecule has 2 amide bonds. The summed E-state index contributed by atoms with van der Waals surface area (Å²) in [4.78, 5) is 28.2. The number of anilines is 2. The Morgan fingerprint density at radius 3 is 2.20 bits per heavy atom. The van der Waals surface area contributed by atoms with Gasteiger partial charge in [-0.2, -0.15) is 0 Å². The smallest absolute Gasteiger partial charge is 0.282 e. The van der Waals surface area contributed by atoms with Gasteiger partial charge in [-0.15, -0.1) is 0 Å². The van der Waals surface area contributed by atoms with Gasteiger partial charge in [-0.1, -0.05) is 65.7 Å². The number of carbonyl (C=O) groups excluding carboxylic acids is 2. The predicted octanol–water partition coefficient (Wildman–Crippen LogP) is 5.66. The lowest BCUT2D eigenvalue weighted by Crippen LogP contribution is -2.33. The molecule has 0 saturated heterocycles. The van der Waals surface area contributed by atoms with Crippen molar-refractivity contribution in [3.05, 3.63) is 99.7 Å². The van der Waals surface area contributed by atoms with Crippen molar-refractivity contribution < 1.29 is 9.59 Å². The van der Waals surface area contributed by atoms with Crippen LogP contribution in [-0.2, 0) is 9.59 Å². The van der Waals surface area contributed by atoms with Gasteiger partial charge in [-0.3, -0.25) is 9.59 Å². The summed E-state index contributed by atoms with van der Waals surface area (Å²) in [5.41, 5.74) is 5.42. The van der Waals surface area contributed by atoms with E-state index in [0.29, 0.717) is 21.8 Å². The SMILES string of the molecule is Cc1ccc(C2=C(Nc3ccccc3C)C(=O)N(c3cc(Cl)ccc3C)C2=O)cc1. The number of hydrogen-bond acceptors (Lipinski definition) is 3. The minimum absolute atomic E-state index is 0.262. The van der Waals surface area contributed by atoms with Gasteiger partial charge in [-0.05, 0) is 55.7 Å². The van der Waals surface area contributed by atoms with Crippen molar-refractivity contribution >= 4 is 40.4 Å². The van der Waals surface area contributed by atoms with Gasteiger partial charge in [0, 0.05) is 10.7 Å². The zero-order valence-electron chi connectivity index (χ0n) is 17.0. The van der Waals surface area contributed by atoms with E-state index in [-0.39, 0.29) is 11.6 Å². The zero-order valence-corrected chi connectivity index (χ0v) is 17.7. The molecule has 0 spiro atoms. The maximum absolute atomic E-state index is 13.5. The van der Waals surface area contributed by atoms with Crippen LogP contribution in [0.25, 0.3) is 5.57 Å². The topological polar surface area (TPSA) is 49.4 Å². The number of hydrogen-bond donors (Lipinski definition) is 1. The fraction of sp³-hybridized carbons (Fsp3) is 0.120. The summed E-state index contributed by atoms with van der Waals surface area (Å²) in [7, 11) is 0. The molecule has 30 heavy (non-hydrogen) atoms. The van der Waals surface area contributed by atoms with Crippen LogP contribution < -0.4 is 10.2 Å². The highest BCUT2D eigenvalue weighted by atomic mass is 35.5. The molecule has 1 N–H and O–H groups in total. The molecule has 3 aromatic carbocycles. The average molecular weight is 417 g/mol. The van der Waals surface area contributed by atoms with Crippen LogP contribution in [0, 0.1) is 20.8 Å². The number of amides is 2. The molecule has 0 saturated carbocycles. The normalized spacial score (nSPS) is 13.9. The van der Waals surface area contributed by atoms with Crippen LogP contribution in [0.5, 0.6) is 0 Å². The van der Waals surface area contributed by atoms with E-state index in [9.17, 15) is 9.59 Å². The Bertz CT molecular complexity index is 1200. The Hall–Kier alpha value is -3.37. The highest BCUT2D eigenvalue weighted by Crippen LogP contribution is 2.36. The van der Waals surface area contributed by atoms with Gasteiger partial charge in [0.25, 0.3) is 11.8 Å².